The van der Waals surface area contributed by atoms with Crippen molar-refractivity contribution in [2.75, 3.05) is 0 Å². The van der Waals surface area contributed by atoms with E-state index in [2.05, 4.69) is 12.2 Å². The average molecular weight is 189 g/mol. The third kappa shape index (κ3) is 1.98. The first kappa shape index (κ1) is 8.62. The summed E-state index contributed by atoms with van der Waals surface area (Å²) in [5.74, 6) is -0.273. The van der Waals surface area contributed by atoms with E-state index in [4.69, 9.17) is 11.6 Å². The molecule has 0 aliphatic heterocycles. The summed E-state index contributed by atoms with van der Waals surface area (Å²) in [5.41, 5.74) is 1.16. The quantitative estimate of drug-likeness (QED) is 0.482. The largest absolute Gasteiger partial charge is 0.207 e. The molecule has 1 aromatic carbocycles. The standard InChI is InChI=1S/C8H6ClFS/c1-5-2-3-6(8(9)11)4-7(5)10/h2-4H,1H3. The van der Waals surface area contributed by atoms with Gasteiger partial charge in [-0.15, -0.1) is 0 Å². The molecular weight excluding hydrogens is 183 g/mol. The van der Waals surface area contributed by atoms with Crippen LogP contribution in [-0.4, -0.2) is 4.32 Å². The van der Waals surface area contributed by atoms with Gasteiger partial charge in [0.15, 0.2) is 0 Å². The fourth-order valence-electron chi connectivity index (χ4n) is 0.715. The van der Waals surface area contributed by atoms with Crippen LogP contribution in [0.2, 0.25) is 0 Å². The van der Waals surface area contributed by atoms with Gasteiger partial charge >= 0.3 is 0 Å². The van der Waals surface area contributed by atoms with Crippen LogP contribution in [-0.2, 0) is 0 Å². The molecule has 0 aliphatic carbocycles. The lowest BCUT2D eigenvalue weighted by Gasteiger charge is -1.98. The lowest BCUT2D eigenvalue weighted by atomic mass is 10.2. The number of rotatable bonds is 1. The van der Waals surface area contributed by atoms with Gasteiger partial charge in [0.2, 0.25) is 0 Å². The molecule has 0 unspecified atom stereocenters. The Bertz CT molecular complexity index is 296. The summed E-state index contributed by atoms with van der Waals surface area (Å²) < 4.78 is 13.0. The topological polar surface area (TPSA) is 0 Å². The highest BCUT2D eigenvalue weighted by Crippen LogP contribution is 2.11. The summed E-state index contributed by atoms with van der Waals surface area (Å²) in [5, 5.41) is 0. The molecule has 0 radical (unpaired) electrons. The summed E-state index contributed by atoms with van der Waals surface area (Å²) >= 11 is 10.2. The van der Waals surface area contributed by atoms with Crippen molar-refractivity contribution < 1.29 is 4.39 Å². The highest BCUT2D eigenvalue weighted by molar-refractivity contribution is 7.83. The van der Waals surface area contributed by atoms with Crippen LogP contribution in [0.3, 0.4) is 0 Å². The van der Waals surface area contributed by atoms with E-state index in [0.717, 1.165) is 0 Å². The van der Waals surface area contributed by atoms with E-state index in [1.54, 1.807) is 19.1 Å². The molecule has 3 heteroatoms. The predicted molar refractivity (Wildman–Crippen MR) is 48.7 cm³/mol. The Morgan fingerprint density at radius 2 is 2.18 bits per heavy atom. The van der Waals surface area contributed by atoms with Gasteiger partial charge in [-0.1, -0.05) is 36.0 Å². The Labute approximate surface area is 75.0 Å². The molecule has 0 fully saturated rings. The second kappa shape index (κ2) is 3.28. The minimum absolute atomic E-state index is 0.198. The van der Waals surface area contributed by atoms with Crippen LogP contribution in [0.1, 0.15) is 11.1 Å². The second-order valence-corrected chi connectivity index (χ2v) is 3.25. The summed E-state index contributed by atoms with van der Waals surface area (Å²) in [4.78, 5) is 0. The van der Waals surface area contributed by atoms with Crippen LogP contribution >= 0.6 is 23.8 Å². The first-order chi connectivity index (χ1) is 5.11. The van der Waals surface area contributed by atoms with E-state index < -0.39 is 0 Å². The molecular formula is C8H6ClFS. The van der Waals surface area contributed by atoms with Gasteiger partial charge < -0.3 is 0 Å². The van der Waals surface area contributed by atoms with Gasteiger partial charge in [-0.05, 0) is 18.6 Å². The molecule has 0 aromatic heterocycles. The molecule has 0 amide bonds. The fraction of sp³-hybridized carbons (Fsp3) is 0.125. The highest BCUT2D eigenvalue weighted by Gasteiger charge is 2.00. The summed E-state index contributed by atoms with van der Waals surface area (Å²) in [6.45, 7) is 1.69. The maximum absolute atomic E-state index is 12.8. The van der Waals surface area contributed by atoms with Gasteiger partial charge in [0, 0.05) is 5.56 Å². The monoisotopic (exact) mass is 188 g/mol. The van der Waals surface area contributed by atoms with Crippen molar-refractivity contribution in [1.29, 1.82) is 0 Å². The van der Waals surface area contributed by atoms with Gasteiger partial charge in [-0.2, -0.15) is 0 Å². The zero-order chi connectivity index (χ0) is 8.43. The first-order valence-electron chi connectivity index (χ1n) is 3.07. The maximum atomic E-state index is 12.8. The SMILES string of the molecule is Cc1ccc(C(=S)Cl)cc1F. The van der Waals surface area contributed by atoms with Gasteiger partial charge in [0.1, 0.15) is 10.1 Å². The number of hydrogen-bond acceptors (Lipinski definition) is 1. The lowest BCUT2D eigenvalue weighted by molar-refractivity contribution is 0.618. The minimum Gasteiger partial charge on any atom is -0.207 e. The summed E-state index contributed by atoms with van der Waals surface area (Å²) in [7, 11) is 0. The molecule has 0 N–H and O–H groups in total. The predicted octanol–water partition coefficient (Wildman–Crippen LogP) is 3.05. The van der Waals surface area contributed by atoms with Crippen LogP contribution in [0.15, 0.2) is 18.2 Å². The van der Waals surface area contributed by atoms with Gasteiger partial charge in [0.05, 0.1) is 0 Å². The van der Waals surface area contributed by atoms with E-state index in [-0.39, 0.29) is 10.1 Å². The summed E-state index contributed by atoms with van der Waals surface area (Å²) in [6.07, 6.45) is 0. The van der Waals surface area contributed by atoms with E-state index >= 15 is 0 Å². The molecule has 0 saturated heterocycles. The zero-order valence-electron chi connectivity index (χ0n) is 5.90. The van der Waals surface area contributed by atoms with Gasteiger partial charge in [-0.3, -0.25) is 0 Å². The van der Waals surface area contributed by atoms with E-state index in [0.29, 0.717) is 11.1 Å². The number of aryl methyl sites for hydroxylation is 1. The van der Waals surface area contributed by atoms with E-state index in [1.165, 1.54) is 6.07 Å². The van der Waals surface area contributed by atoms with Gasteiger partial charge in [0.25, 0.3) is 0 Å². The van der Waals surface area contributed by atoms with Crippen LogP contribution in [0.25, 0.3) is 0 Å². The van der Waals surface area contributed by atoms with Crippen LogP contribution < -0.4 is 0 Å². The lowest BCUT2D eigenvalue weighted by Crippen LogP contribution is -1.90. The Morgan fingerprint density at radius 3 is 2.64 bits per heavy atom. The molecule has 1 rings (SSSR count). The Kier molecular flexibility index (Phi) is 2.58. The Morgan fingerprint density at radius 1 is 1.55 bits per heavy atom. The Balaban J connectivity index is 3.15. The minimum atomic E-state index is -0.273. The second-order valence-electron chi connectivity index (χ2n) is 2.24. The van der Waals surface area contributed by atoms with Crippen molar-refractivity contribution >= 4 is 28.1 Å². The maximum Gasteiger partial charge on any atom is 0.126 e. The van der Waals surface area contributed by atoms with Crippen LogP contribution in [0.4, 0.5) is 4.39 Å². The highest BCUT2D eigenvalue weighted by atomic mass is 35.5. The smallest absolute Gasteiger partial charge is 0.126 e. The third-order valence-corrected chi connectivity index (χ3v) is 1.85. The van der Waals surface area contributed by atoms with Crippen molar-refractivity contribution in [1.82, 2.24) is 0 Å². The molecule has 58 valence electrons. The summed E-state index contributed by atoms with van der Waals surface area (Å²) in [6, 6.07) is 4.69. The van der Waals surface area contributed by atoms with E-state index in [1.807, 2.05) is 0 Å². The molecule has 0 saturated carbocycles. The molecule has 0 atom stereocenters. The number of benzene rings is 1. The average Bonchev–Trinajstić information content (AvgIpc) is 1.94. The van der Waals surface area contributed by atoms with Crippen molar-refractivity contribution in [3.63, 3.8) is 0 Å². The van der Waals surface area contributed by atoms with Crippen molar-refractivity contribution in [3.8, 4) is 0 Å². The molecule has 0 aliphatic rings. The molecule has 11 heavy (non-hydrogen) atoms. The number of thiocarbonyl (C=S) groups is 1. The first-order valence-corrected chi connectivity index (χ1v) is 3.86. The normalized spacial score (nSPS) is 9.73. The molecule has 0 bridgehead atoms. The van der Waals surface area contributed by atoms with E-state index in [9.17, 15) is 4.39 Å². The molecule has 1 aromatic rings. The number of hydrogen-bond donors (Lipinski definition) is 0. The van der Waals surface area contributed by atoms with Crippen LogP contribution in [0.5, 0.6) is 0 Å². The van der Waals surface area contributed by atoms with Gasteiger partial charge in [-0.25, -0.2) is 4.39 Å². The Hall–Kier alpha value is -0.470. The zero-order valence-corrected chi connectivity index (χ0v) is 7.47. The van der Waals surface area contributed by atoms with Crippen molar-refractivity contribution in [2.45, 2.75) is 6.92 Å². The molecule has 0 heterocycles. The third-order valence-electron chi connectivity index (χ3n) is 1.40. The molecule has 0 spiro atoms. The number of halogens is 2. The molecule has 0 nitrogen and oxygen atoms in total. The van der Waals surface area contributed by atoms with Crippen molar-refractivity contribution in [2.24, 2.45) is 0 Å². The van der Waals surface area contributed by atoms with Crippen molar-refractivity contribution in [3.05, 3.63) is 35.1 Å². The fourth-order valence-corrected chi connectivity index (χ4v) is 0.960. The van der Waals surface area contributed by atoms with Crippen LogP contribution in [0, 0.1) is 12.7 Å².